The summed E-state index contributed by atoms with van der Waals surface area (Å²) < 4.78 is 0. The maximum absolute atomic E-state index is 11.6. The summed E-state index contributed by atoms with van der Waals surface area (Å²) >= 11 is 1.33. The van der Waals surface area contributed by atoms with Gasteiger partial charge in [0, 0.05) is 0 Å². The molecule has 1 N–H and O–H groups in total. The maximum atomic E-state index is 11.6. The largest absolute Gasteiger partial charge is 0.349 e. The summed E-state index contributed by atoms with van der Waals surface area (Å²) in [6.45, 7) is 4.00. The molecule has 4 heteroatoms. The molecule has 0 unspecified atom stereocenters. The molecule has 0 bridgehead atoms. The van der Waals surface area contributed by atoms with Crippen LogP contribution in [0.15, 0.2) is 24.3 Å². The predicted molar refractivity (Wildman–Crippen MR) is 70.7 cm³/mol. The van der Waals surface area contributed by atoms with E-state index in [1.54, 1.807) is 0 Å². The lowest BCUT2D eigenvalue weighted by atomic mass is 10.0. The predicted octanol–water partition coefficient (Wildman–Crippen LogP) is 2.43. The van der Waals surface area contributed by atoms with Crippen LogP contribution in [0.4, 0.5) is 0 Å². The zero-order valence-electron chi connectivity index (χ0n) is 10.1. The topological polar surface area (TPSA) is 52.9 Å². The van der Waals surface area contributed by atoms with Crippen LogP contribution >= 0.6 is 11.8 Å². The van der Waals surface area contributed by atoms with Crippen molar-refractivity contribution < 1.29 is 4.79 Å². The van der Waals surface area contributed by atoms with E-state index < -0.39 is 0 Å². The van der Waals surface area contributed by atoms with Crippen molar-refractivity contribution in [2.24, 2.45) is 0 Å². The molecule has 3 nitrogen and oxygen atoms in total. The maximum Gasteiger partial charge on any atom is 0.230 e. The minimum atomic E-state index is -0.0268. The van der Waals surface area contributed by atoms with E-state index in [0.717, 1.165) is 5.56 Å². The van der Waals surface area contributed by atoms with Gasteiger partial charge >= 0.3 is 0 Å². The first-order chi connectivity index (χ1) is 8.15. The number of aryl methyl sites for hydroxylation is 1. The highest BCUT2D eigenvalue weighted by atomic mass is 32.2. The molecule has 1 aromatic rings. The molecule has 0 saturated heterocycles. The second-order valence-electron chi connectivity index (χ2n) is 3.80. The van der Waals surface area contributed by atoms with Crippen molar-refractivity contribution in [2.75, 3.05) is 11.5 Å². The Balaban J connectivity index is 2.50. The Hall–Kier alpha value is -1.47. The van der Waals surface area contributed by atoms with Crippen molar-refractivity contribution in [3.63, 3.8) is 0 Å². The highest BCUT2D eigenvalue weighted by Gasteiger charge is 2.10. The Labute approximate surface area is 106 Å². The number of hydrogen-bond acceptors (Lipinski definition) is 3. The van der Waals surface area contributed by atoms with Gasteiger partial charge < -0.3 is 5.32 Å². The molecule has 1 atom stereocenters. The van der Waals surface area contributed by atoms with Gasteiger partial charge in [0.1, 0.15) is 0 Å². The van der Waals surface area contributed by atoms with Crippen molar-refractivity contribution in [2.45, 2.75) is 19.9 Å². The van der Waals surface area contributed by atoms with Gasteiger partial charge in [-0.15, -0.1) is 11.8 Å². The molecule has 0 aliphatic heterocycles. The number of amides is 1. The molecule has 0 aliphatic carbocycles. The standard InChI is InChI=1S/C13H16N2OS/c1-10-5-3-4-6-12(10)11(2)15-13(16)9-17-8-7-14/h3-6,11H,8-9H2,1-2H3,(H,15,16)/t11-/m0/s1. The van der Waals surface area contributed by atoms with Crippen LogP contribution in [0.2, 0.25) is 0 Å². The number of benzene rings is 1. The van der Waals surface area contributed by atoms with Gasteiger partial charge in [0.2, 0.25) is 5.91 Å². The average Bonchev–Trinajstić information content (AvgIpc) is 2.29. The molecule has 0 spiro atoms. The van der Waals surface area contributed by atoms with E-state index in [2.05, 4.69) is 5.32 Å². The van der Waals surface area contributed by atoms with Crippen LogP contribution in [-0.2, 0) is 4.79 Å². The molecule has 1 aromatic carbocycles. The van der Waals surface area contributed by atoms with Crippen LogP contribution < -0.4 is 5.32 Å². The minimum Gasteiger partial charge on any atom is -0.349 e. The molecule has 1 rings (SSSR count). The van der Waals surface area contributed by atoms with Crippen LogP contribution in [0.1, 0.15) is 24.1 Å². The molecule has 0 heterocycles. The van der Waals surface area contributed by atoms with Gasteiger partial charge in [-0.25, -0.2) is 0 Å². The van der Waals surface area contributed by atoms with E-state index in [4.69, 9.17) is 5.26 Å². The molecule has 17 heavy (non-hydrogen) atoms. The molecule has 0 saturated carbocycles. The van der Waals surface area contributed by atoms with Gasteiger partial charge in [-0.05, 0) is 25.0 Å². The quantitative estimate of drug-likeness (QED) is 0.814. The molecular formula is C13H16N2OS. The van der Waals surface area contributed by atoms with E-state index in [9.17, 15) is 4.79 Å². The lowest BCUT2D eigenvalue weighted by molar-refractivity contribution is -0.119. The van der Waals surface area contributed by atoms with Gasteiger partial charge in [-0.3, -0.25) is 4.79 Å². The monoisotopic (exact) mass is 248 g/mol. The van der Waals surface area contributed by atoms with Crippen molar-refractivity contribution in [1.82, 2.24) is 5.32 Å². The summed E-state index contributed by atoms with van der Waals surface area (Å²) in [5.41, 5.74) is 2.30. The van der Waals surface area contributed by atoms with Crippen molar-refractivity contribution in [3.8, 4) is 6.07 Å². The first-order valence-electron chi connectivity index (χ1n) is 5.44. The zero-order valence-corrected chi connectivity index (χ0v) is 10.9. The number of thioether (sulfide) groups is 1. The zero-order chi connectivity index (χ0) is 12.7. The molecule has 0 fully saturated rings. The fourth-order valence-corrected chi connectivity index (χ4v) is 2.08. The van der Waals surface area contributed by atoms with E-state index in [1.165, 1.54) is 17.3 Å². The second kappa shape index (κ2) is 6.97. The minimum absolute atomic E-state index is 0.00591. The lowest BCUT2D eigenvalue weighted by Gasteiger charge is -2.16. The third-order valence-corrected chi connectivity index (χ3v) is 3.23. The second-order valence-corrected chi connectivity index (χ2v) is 4.78. The first-order valence-corrected chi connectivity index (χ1v) is 6.60. The van der Waals surface area contributed by atoms with E-state index in [1.807, 2.05) is 44.2 Å². The summed E-state index contributed by atoms with van der Waals surface area (Å²) in [6.07, 6.45) is 0. The van der Waals surface area contributed by atoms with Crippen molar-refractivity contribution in [1.29, 1.82) is 5.26 Å². The summed E-state index contributed by atoms with van der Waals surface area (Å²) in [5, 5.41) is 11.3. The number of nitrogens with zero attached hydrogens (tertiary/aromatic N) is 1. The van der Waals surface area contributed by atoms with Gasteiger partial charge in [0.25, 0.3) is 0 Å². The molecular weight excluding hydrogens is 232 g/mol. The van der Waals surface area contributed by atoms with Gasteiger partial charge in [-0.2, -0.15) is 5.26 Å². The lowest BCUT2D eigenvalue weighted by Crippen LogP contribution is -2.28. The Bertz CT molecular complexity index is 426. The third kappa shape index (κ3) is 4.49. The average molecular weight is 248 g/mol. The van der Waals surface area contributed by atoms with E-state index in [-0.39, 0.29) is 11.9 Å². The number of carbonyl (C=O) groups excluding carboxylic acids is 1. The summed E-state index contributed by atoms with van der Waals surface area (Å²) in [6, 6.07) is 10.0. The van der Waals surface area contributed by atoms with Crippen molar-refractivity contribution >= 4 is 17.7 Å². The summed E-state index contributed by atoms with van der Waals surface area (Å²) in [7, 11) is 0. The molecule has 0 radical (unpaired) electrons. The van der Waals surface area contributed by atoms with Crippen LogP contribution in [0.25, 0.3) is 0 Å². The number of hydrogen-bond donors (Lipinski definition) is 1. The highest BCUT2D eigenvalue weighted by molar-refractivity contribution is 8.00. The van der Waals surface area contributed by atoms with E-state index in [0.29, 0.717) is 11.5 Å². The van der Waals surface area contributed by atoms with Gasteiger partial charge in [0.15, 0.2) is 0 Å². The Morgan fingerprint density at radius 2 is 2.24 bits per heavy atom. The Morgan fingerprint density at radius 1 is 1.53 bits per heavy atom. The first kappa shape index (κ1) is 13.6. The van der Waals surface area contributed by atoms with E-state index >= 15 is 0 Å². The van der Waals surface area contributed by atoms with Crippen LogP contribution in [-0.4, -0.2) is 17.4 Å². The highest BCUT2D eigenvalue weighted by Crippen LogP contribution is 2.16. The summed E-state index contributed by atoms with van der Waals surface area (Å²) in [5.74, 6) is 0.664. The Kier molecular flexibility index (Phi) is 5.58. The van der Waals surface area contributed by atoms with Crippen molar-refractivity contribution in [3.05, 3.63) is 35.4 Å². The smallest absolute Gasteiger partial charge is 0.230 e. The summed E-state index contributed by atoms with van der Waals surface area (Å²) in [4.78, 5) is 11.6. The van der Waals surface area contributed by atoms with Crippen LogP contribution in [0.3, 0.4) is 0 Å². The molecule has 1 amide bonds. The Morgan fingerprint density at radius 3 is 2.88 bits per heavy atom. The van der Waals surface area contributed by atoms with Crippen LogP contribution in [0, 0.1) is 18.3 Å². The number of rotatable bonds is 5. The normalized spacial score (nSPS) is 11.6. The van der Waals surface area contributed by atoms with Crippen LogP contribution in [0.5, 0.6) is 0 Å². The third-order valence-electron chi connectivity index (χ3n) is 2.43. The molecule has 0 aliphatic rings. The SMILES string of the molecule is Cc1ccccc1[C@H](C)NC(=O)CSCC#N. The fourth-order valence-electron chi connectivity index (χ4n) is 1.62. The number of nitrogens with one attached hydrogen (secondary N) is 1. The number of nitriles is 1. The molecule has 0 aromatic heterocycles. The number of carbonyl (C=O) groups is 1. The fraction of sp³-hybridized carbons (Fsp3) is 0.385. The van der Waals surface area contributed by atoms with Gasteiger partial charge in [-0.1, -0.05) is 24.3 Å². The molecule has 90 valence electrons. The van der Waals surface area contributed by atoms with Gasteiger partial charge in [0.05, 0.1) is 23.6 Å².